The molecule has 1 aliphatic rings. The summed E-state index contributed by atoms with van der Waals surface area (Å²) in [6.45, 7) is 2.09. The molecule has 0 spiro atoms. The van der Waals surface area contributed by atoms with E-state index in [4.69, 9.17) is 4.98 Å². The number of hydrazine groups is 1. The number of aromatic hydroxyl groups is 1. The molecule has 3 heterocycles. The molecule has 1 saturated heterocycles. The third-order valence-corrected chi connectivity index (χ3v) is 5.29. The van der Waals surface area contributed by atoms with Crippen molar-refractivity contribution in [2.45, 2.75) is 19.3 Å². The van der Waals surface area contributed by atoms with Crippen LogP contribution in [0.5, 0.6) is 5.88 Å². The third-order valence-electron chi connectivity index (χ3n) is 5.29. The summed E-state index contributed by atoms with van der Waals surface area (Å²) in [4.78, 5) is 7.90. The third kappa shape index (κ3) is 2.90. The molecule has 5 heteroatoms. The topological polar surface area (TPSA) is 64.2 Å². The van der Waals surface area contributed by atoms with E-state index in [1.165, 1.54) is 19.3 Å². The summed E-state index contributed by atoms with van der Waals surface area (Å²) in [5.74, 6) is 0.155. The van der Waals surface area contributed by atoms with Crippen LogP contribution in [0.4, 0.5) is 5.69 Å². The van der Waals surface area contributed by atoms with Gasteiger partial charge in [-0.25, -0.2) is 9.99 Å². The van der Waals surface area contributed by atoms with Gasteiger partial charge in [0.05, 0.1) is 22.5 Å². The fourth-order valence-corrected chi connectivity index (χ4v) is 3.96. The molecular weight excluding hydrogens is 336 g/mol. The Morgan fingerprint density at radius 2 is 1.67 bits per heavy atom. The SMILES string of the molecule is Oc1[nH]c2ccccc2c1-c1cc(NN2CCCCC2)c2ccccc2n1. The number of H-pyrrole nitrogens is 1. The van der Waals surface area contributed by atoms with E-state index in [0.717, 1.165) is 51.8 Å². The molecule has 2 aromatic carbocycles. The van der Waals surface area contributed by atoms with Gasteiger partial charge in [0.2, 0.25) is 0 Å². The van der Waals surface area contributed by atoms with E-state index in [9.17, 15) is 5.11 Å². The van der Waals surface area contributed by atoms with Crippen LogP contribution in [-0.4, -0.2) is 33.2 Å². The quantitative estimate of drug-likeness (QED) is 0.487. The number of pyridine rings is 1. The molecule has 0 radical (unpaired) electrons. The van der Waals surface area contributed by atoms with E-state index >= 15 is 0 Å². The molecule has 0 aliphatic carbocycles. The second-order valence-corrected chi connectivity index (χ2v) is 7.13. The van der Waals surface area contributed by atoms with Crippen molar-refractivity contribution in [3.8, 4) is 17.1 Å². The number of nitrogens with one attached hydrogen (secondary N) is 2. The fraction of sp³-hybridized carbons (Fsp3) is 0.227. The molecule has 5 nitrogen and oxygen atoms in total. The Kier molecular flexibility index (Phi) is 3.94. The van der Waals surface area contributed by atoms with Crippen molar-refractivity contribution in [3.05, 3.63) is 54.6 Å². The Hall–Kier alpha value is -3.05. The van der Waals surface area contributed by atoms with Crippen LogP contribution in [0.3, 0.4) is 0 Å². The number of piperidine rings is 1. The Morgan fingerprint density at radius 1 is 0.926 bits per heavy atom. The molecule has 136 valence electrons. The maximum Gasteiger partial charge on any atom is 0.199 e. The van der Waals surface area contributed by atoms with Gasteiger partial charge >= 0.3 is 0 Å². The van der Waals surface area contributed by atoms with Crippen molar-refractivity contribution in [1.29, 1.82) is 0 Å². The van der Waals surface area contributed by atoms with Gasteiger partial charge < -0.3 is 15.5 Å². The highest BCUT2D eigenvalue weighted by molar-refractivity contribution is 6.01. The average molecular weight is 358 g/mol. The summed E-state index contributed by atoms with van der Waals surface area (Å²) in [5.41, 5.74) is 7.96. The van der Waals surface area contributed by atoms with Crippen molar-refractivity contribution in [2.75, 3.05) is 18.5 Å². The number of aromatic nitrogens is 2. The summed E-state index contributed by atoms with van der Waals surface area (Å²) in [5, 5.41) is 14.9. The minimum atomic E-state index is 0.155. The number of benzene rings is 2. The van der Waals surface area contributed by atoms with Crippen LogP contribution in [0.2, 0.25) is 0 Å². The molecule has 27 heavy (non-hydrogen) atoms. The molecule has 5 rings (SSSR count). The highest BCUT2D eigenvalue weighted by Gasteiger charge is 2.17. The molecule has 0 atom stereocenters. The van der Waals surface area contributed by atoms with Crippen LogP contribution < -0.4 is 5.43 Å². The van der Waals surface area contributed by atoms with E-state index in [-0.39, 0.29) is 5.88 Å². The van der Waals surface area contributed by atoms with Gasteiger partial charge in [-0.1, -0.05) is 42.8 Å². The Morgan fingerprint density at radius 3 is 2.52 bits per heavy atom. The first-order valence-corrected chi connectivity index (χ1v) is 9.51. The minimum Gasteiger partial charge on any atom is -0.494 e. The highest BCUT2D eigenvalue weighted by atomic mass is 16.3. The van der Waals surface area contributed by atoms with Crippen LogP contribution >= 0.6 is 0 Å². The van der Waals surface area contributed by atoms with E-state index in [1.807, 2.05) is 48.5 Å². The zero-order valence-corrected chi connectivity index (χ0v) is 15.1. The number of para-hydroxylation sites is 2. The van der Waals surface area contributed by atoms with Crippen LogP contribution in [0.25, 0.3) is 33.1 Å². The van der Waals surface area contributed by atoms with Gasteiger partial charge in [-0.05, 0) is 31.0 Å². The Bertz CT molecular complexity index is 1110. The molecule has 0 saturated carbocycles. The number of nitrogens with zero attached hydrogens (tertiary/aromatic N) is 2. The molecule has 0 amide bonds. The minimum absolute atomic E-state index is 0.155. The Labute approximate surface area is 157 Å². The van der Waals surface area contributed by atoms with Gasteiger partial charge in [0.1, 0.15) is 0 Å². The Balaban J connectivity index is 1.67. The van der Waals surface area contributed by atoms with Gasteiger partial charge in [-0.3, -0.25) is 0 Å². The zero-order chi connectivity index (χ0) is 18.2. The summed E-state index contributed by atoms with van der Waals surface area (Å²) in [6, 6.07) is 18.1. The summed E-state index contributed by atoms with van der Waals surface area (Å²) >= 11 is 0. The number of hydrogen-bond donors (Lipinski definition) is 3. The summed E-state index contributed by atoms with van der Waals surface area (Å²) in [7, 11) is 0. The van der Waals surface area contributed by atoms with Crippen molar-refractivity contribution >= 4 is 27.5 Å². The van der Waals surface area contributed by atoms with Crippen molar-refractivity contribution in [1.82, 2.24) is 15.0 Å². The van der Waals surface area contributed by atoms with Crippen molar-refractivity contribution in [3.63, 3.8) is 0 Å². The van der Waals surface area contributed by atoms with Crippen molar-refractivity contribution < 1.29 is 5.11 Å². The number of anilines is 1. The first-order valence-electron chi connectivity index (χ1n) is 9.51. The second-order valence-electron chi connectivity index (χ2n) is 7.13. The molecule has 0 bridgehead atoms. The van der Waals surface area contributed by atoms with Gasteiger partial charge in [0, 0.05) is 29.4 Å². The maximum absolute atomic E-state index is 10.5. The van der Waals surface area contributed by atoms with Crippen LogP contribution in [0.15, 0.2) is 54.6 Å². The molecule has 1 aliphatic heterocycles. The van der Waals surface area contributed by atoms with Crippen LogP contribution in [0.1, 0.15) is 19.3 Å². The van der Waals surface area contributed by atoms with Gasteiger partial charge in [-0.15, -0.1) is 0 Å². The van der Waals surface area contributed by atoms with Gasteiger partial charge in [0.25, 0.3) is 0 Å². The molecule has 0 unspecified atom stereocenters. The number of fused-ring (bicyclic) bond motifs is 2. The largest absolute Gasteiger partial charge is 0.494 e. The molecular formula is C22H22N4O. The number of rotatable bonds is 3. The van der Waals surface area contributed by atoms with Gasteiger partial charge in [-0.2, -0.15) is 0 Å². The monoisotopic (exact) mass is 358 g/mol. The first-order chi connectivity index (χ1) is 13.3. The van der Waals surface area contributed by atoms with Crippen LogP contribution in [-0.2, 0) is 0 Å². The predicted octanol–water partition coefficient (Wildman–Crippen LogP) is 4.90. The molecule has 3 N–H and O–H groups in total. The molecule has 4 aromatic rings. The smallest absolute Gasteiger partial charge is 0.199 e. The normalized spacial score (nSPS) is 15.4. The lowest BCUT2D eigenvalue weighted by Gasteiger charge is -2.28. The summed E-state index contributed by atoms with van der Waals surface area (Å²) < 4.78 is 0. The van der Waals surface area contributed by atoms with Crippen molar-refractivity contribution in [2.24, 2.45) is 0 Å². The lowest BCUT2D eigenvalue weighted by molar-refractivity contribution is 0.273. The molecule has 1 fully saturated rings. The standard InChI is InChI=1S/C22H22N4O/c27-22-21(16-9-3-5-11-18(16)24-22)20-14-19(25-26-12-6-1-7-13-26)15-8-2-4-10-17(15)23-20/h2-5,8-11,14,24,27H,1,6-7,12-13H2,(H,23,25). The predicted molar refractivity (Wildman–Crippen MR) is 110 cm³/mol. The lowest BCUT2D eigenvalue weighted by atomic mass is 10.1. The fourth-order valence-electron chi connectivity index (χ4n) is 3.96. The number of hydrogen-bond acceptors (Lipinski definition) is 4. The van der Waals surface area contributed by atoms with E-state index < -0.39 is 0 Å². The lowest BCUT2D eigenvalue weighted by Crippen LogP contribution is -2.34. The average Bonchev–Trinajstić information content (AvgIpc) is 3.04. The second kappa shape index (κ2) is 6.59. The van der Waals surface area contributed by atoms with Gasteiger partial charge in [0.15, 0.2) is 5.88 Å². The zero-order valence-electron chi connectivity index (χ0n) is 15.1. The first kappa shape index (κ1) is 16.1. The van der Waals surface area contributed by atoms with E-state index in [1.54, 1.807) is 0 Å². The maximum atomic E-state index is 10.5. The number of aromatic amines is 1. The molecule has 2 aromatic heterocycles. The highest BCUT2D eigenvalue weighted by Crippen LogP contribution is 2.38. The van der Waals surface area contributed by atoms with E-state index in [0.29, 0.717) is 0 Å². The van der Waals surface area contributed by atoms with E-state index in [2.05, 4.69) is 21.5 Å². The summed E-state index contributed by atoms with van der Waals surface area (Å²) in [6.07, 6.45) is 3.72. The van der Waals surface area contributed by atoms with Crippen LogP contribution in [0, 0.1) is 0 Å².